The maximum atomic E-state index is 11.0. The van der Waals surface area contributed by atoms with Crippen molar-refractivity contribution in [1.29, 1.82) is 0 Å². The van der Waals surface area contributed by atoms with E-state index in [1.54, 1.807) is 12.1 Å². The van der Waals surface area contributed by atoms with E-state index < -0.39 is 6.09 Å². The summed E-state index contributed by atoms with van der Waals surface area (Å²) in [6, 6.07) is 5.18. The van der Waals surface area contributed by atoms with Crippen LogP contribution in [-0.2, 0) is 4.74 Å². The zero-order valence-electron chi connectivity index (χ0n) is 7.87. The lowest BCUT2D eigenvalue weighted by Gasteiger charge is -2.24. The molecule has 2 rings (SSSR count). The molecule has 0 spiro atoms. The van der Waals surface area contributed by atoms with Gasteiger partial charge in [0.1, 0.15) is 5.75 Å². The molecule has 80 valence electrons. The van der Waals surface area contributed by atoms with E-state index in [0.29, 0.717) is 23.1 Å². The third-order valence-corrected chi connectivity index (χ3v) is 2.97. The fraction of sp³-hybridized carbons (Fsp3) is 0.300. The van der Waals surface area contributed by atoms with Gasteiger partial charge in [-0.3, -0.25) is 0 Å². The van der Waals surface area contributed by atoms with E-state index in [1.807, 2.05) is 6.07 Å². The Bertz CT molecular complexity index is 394. The molecule has 1 heterocycles. The lowest BCUT2D eigenvalue weighted by Crippen LogP contribution is -2.35. The monoisotopic (exact) mass is 271 g/mol. The first-order valence-electron chi connectivity index (χ1n) is 4.59. The normalized spacial score (nSPS) is 20.6. The third kappa shape index (κ3) is 2.07. The number of cyclic esters (lactones) is 1. The minimum absolute atomic E-state index is 0.171. The molecule has 1 aromatic rings. The highest BCUT2D eigenvalue weighted by molar-refractivity contribution is 9.10. The van der Waals surface area contributed by atoms with Gasteiger partial charge >= 0.3 is 6.09 Å². The number of para-hydroxylation sites is 1. The number of hydrogen-bond donors (Lipinski definition) is 2. The van der Waals surface area contributed by atoms with Gasteiger partial charge in [-0.25, -0.2) is 4.79 Å². The second-order valence-corrected chi connectivity index (χ2v) is 4.15. The van der Waals surface area contributed by atoms with Crippen molar-refractivity contribution in [2.75, 3.05) is 6.61 Å². The minimum atomic E-state index is -0.439. The second kappa shape index (κ2) is 4.10. The van der Waals surface area contributed by atoms with Crippen LogP contribution in [0.3, 0.4) is 0 Å². The van der Waals surface area contributed by atoms with Crippen LogP contribution in [0.1, 0.15) is 18.0 Å². The molecule has 0 aliphatic carbocycles. The quantitative estimate of drug-likeness (QED) is 0.824. The number of nitrogens with one attached hydrogen (secondary N) is 1. The summed E-state index contributed by atoms with van der Waals surface area (Å²) in [5.74, 6) is 0.171. The fourth-order valence-corrected chi connectivity index (χ4v) is 1.95. The van der Waals surface area contributed by atoms with Crippen LogP contribution in [0.5, 0.6) is 5.75 Å². The number of carbonyl (C=O) groups excluding carboxylic acids is 1. The van der Waals surface area contributed by atoms with Crippen molar-refractivity contribution in [3.05, 3.63) is 28.2 Å². The molecule has 1 aromatic carbocycles. The molecule has 0 saturated carbocycles. The van der Waals surface area contributed by atoms with Crippen LogP contribution >= 0.6 is 15.9 Å². The number of phenolic OH excluding ortho intramolecular Hbond substituents is 1. The van der Waals surface area contributed by atoms with Crippen molar-refractivity contribution < 1.29 is 14.6 Å². The standard InChI is InChI=1S/C10H10BrNO3/c11-7-3-1-2-6(9(7)13)8-4-5-15-10(14)12-8/h1-3,8,13H,4-5H2,(H,12,14)/t8-/m0/s1. The van der Waals surface area contributed by atoms with Gasteiger partial charge in [-0.1, -0.05) is 12.1 Å². The summed E-state index contributed by atoms with van der Waals surface area (Å²) in [7, 11) is 0. The molecule has 1 aliphatic heterocycles. The molecule has 1 atom stereocenters. The first-order chi connectivity index (χ1) is 7.18. The zero-order chi connectivity index (χ0) is 10.8. The zero-order valence-corrected chi connectivity index (χ0v) is 9.45. The number of aromatic hydroxyl groups is 1. The fourth-order valence-electron chi connectivity index (χ4n) is 1.57. The highest BCUT2D eigenvalue weighted by Crippen LogP contribution is 2.33. The molecule has 1 fully saturated rings. The highest BCUT2D eigenvalue weighted by Gasteiger charge is 2.23. The summed E-state index contributed by atoms with van der Waals surface area (Å²) in [5, 5.41) is 12.5. The predicted molar refractivity (Wildman–Crippen MR) is 57.6 cm³/mol. The molecule has 1 aliphatic rings. The molecule has 0 radical (unpaired) electrons. The summed E-state index contributed by atoms with van der Waals surface area (Å²) < 4.78 is 5.38. The van der Waals surface area contributed by atoms with E-state index >= 15 is 0 Å². The maximum absolute atomic E-state index is 11.0. The van der Waals surface area contributed by atoms with Crippen molar-refractivity contribution >= 4 is 22.0 Å². The molecule has 5 heteroatoms. The number of phenols is 1. The highest BCUT2D eigenvalue weighted by atomic mass is 79.9. The summed E-state index contributed by atoms with van der Waals surface area (Å²) in [4.78, 5) is 11.0. The summed E-state index contributed by atoms with van der Waals surface area (Å²) >= 11 is 3.23. The van der Waals surface area contributed by atoms with Crippen molar-refractivity contribution in [2.45, 2.75) is 12.5 Å². The van der Waals surface area contributed by atoms with Gasteiger partial charge in [0.2, 0.25) is 0 Å². The molecule has 15 heavy (non-hydrogen) atoms. The number of alkyl carbamates (subject to hydrolysis) is 1. The first kappa shape index (κ1) is 10.3. The molecule has 1 saturated heterocycles. The van der Waals surface area contributed by atoms with Crippen molar-refractivity contribution in [3.63, 3.8) is 0 Å². The smallest absolute Gasteiger partial charge is 0.407 e. The van der Waals surface area contributed by atoms with Crippen LogP contribution in [0, 0.1) is 0 Å². The van der Waals surface area contributed by atoms with Crippen LogP contribution in [0.25, 0.3) is 0 Å². The molecule has 0 aromatic heterocycles. The summed E-state index contributed by atoms with van der Waals surface area (Å²) in [6.45, 7) is 0.377. The van der Waals surface area contributed by atoms with Crippen molar-refractivity contribution in [2.24, 2.45) is 0 Å². The van der Waals surface area contributed by atoms with E-state index in [4.69, 9.17) is 4.74 Å². The van der Waals surface area contributed by atoms with Gasteiger partial charge < -0.3 is 15.2 Å². The van der Waals surface area contributed by atoms with Crippen LogP contribution in [-0.4, -0.2) is 17.8 Å². The molecular formula is C10H10BrNO3. The average Bonchev–Trinajstić information content (AvgIpc) is 2.22. The topological polar surface area (TPSA) is 58.6 Å². The lowest BCUT2D eigenvalue weighted by atomic mass is 10.0. The van der Waals surface area contributed by atoms with Gasteiger partial charge in [0.15, 0.2) is 0 Å². The average molecular weight is 272 g/mol. The number of benzene rings is 1. The Morgan fingerprint density at radius 3 is 3.07 bits per heavy atom. The van der Waals surface area contributed by atoms with Gasteiger partial charge in [-0.2, -0.15) is 0 Å². The van der Waals surface area contributed by atoms with E-state index in [-0.39, 0.29) is 11.8 Å². The number of carbonyl (C=O) groups is 1. The van der Waals surface area contributed by atoms with Crippen LogP contribution in [0.15, 0.2) is 22.7 Å². The van der Waals surface area contributed by atoms with Gasteiger partial charge in [0.05, 0.1) is 17.1 Å². The second-order valence-electron chi connectivity index (χ2n) is 3.30. The van der Waals surface area contributed by atoms with Gasteiger partial charge in [-0.15, -0.1) is 0 Å². The Morgan fingerprint density at radius 1 is 1.53 bits per heavy atom. The number of hydrogen-bond acceptors (Lipinski definition) is 3. The minimum Gasteiger partial charge on any atom is -0.506 e. The summed E-state index contributed by atoms with van der Waals surface area (Å²) in [5.41, 5.74) is 0.709. The van der Waals surface area contributed by atoms with Gasteiger partial charge in [0, 0.05) is 12.0 Å². The molecule has 0 unspecified atom stereocenters. The molecule has 1 amide bonds. The van der Waals surface area contributed by atoms with Crippen molar-refractivity contribution in [3.8, 4) is 5.75 Å². The Balaban J connectivity index is 2.28. The van der Waals surface area contributed by atoms with E-state index in [0.717, 1.165) is 0 Å². The van der Waals surface area contributed by atoms with E-state index in [9.17, 15) is 9.90 Å². The maximum Gasteiger partial charge on any atom is 0.407 e. The first-order valence-corrected chi connectivity index (χ1v) is 5.38. The molecule has 2 N–H and O–H groups in total. The largest absolute Gasteiger partial charge is 0.506 e. The number of ether oxygens (including phenoxy) is 1. The Hall–Kier alpha value is -1.23. The van der Waals surface area contributed by atoms with Crippen LogP contribution in [0.2, 0.25) is 0 Å². The Kier molecular flexibility index (Phi) is 2.81. The lowest BCUT2D eigenvalue weighted by molar-refractivity contribution is 0.115. The van der Waals surface area contributed by atoms with Gasteiger partial charge in [-0.05, 0) is 22.0 Å². The van der Waals surface area contributed by atoms with E-state index in [2.05, 4.69) is 21.2 Å². The van der Waals surface area contributed by atoms with Crippen molar-refractivity contribution in [1.82, 2.24) is 5.32 Å². The SMILES string of the molecule is O=C1N[C@H](c2cccc(Br)c2O)CCO1. The van der Waals surface area contributed by atoms with Crippen LogP contribution < -0.4 is 5.32 Å². The molecule has 4 nitrogen and oxygen atoms in total. The predicted octanol–water partition coefficient (Wildman–Crippen LogP) is 2.33. The van der Waals surface area contributed by atoms with E-state index in [1.165, 1.54) is 0 Å². The number of rotatable bonds is 1. The Morgan fingerprint density at radius 2 is 2.33 bits per heavy atom. The number of amides is 1. The van der Waals surface area contributed by atoms with Gasteiger partial charge in [0.25, 0.3) is 0 Å². The molecule has 0 bridgehead atoms. The Labute approximate surface area is 95.4 Å². The van der Waals surface area contributed by atoms with Crippen LogP contribution in [0.4, 0.5) is 4.79 Å². The third-order valence-electron chi connectivity index (χ3n) is 2.33. The number of halogens is 1. The molecular weight excluding hydrogens is 262 g/mol. The summed E-state index contributed by atoms with van der Waals surface area (Å²) in [6.07, 6.45) is 0.223.